The molecule has 0 saturated carbocycles. The van der Waals surface area contributed by atoms with Gasteiger partial charge in [-0.25, -0.2) is 0 Å². The maximum atomic E-state index is 12.4. The fourth-order valence-corrected chi connectivity index (χ4v) is 5.32. The molecule has 6 nitrogen and oxygen atoms in total. The van der Waals surface area contributed by atoms with Crippen molar-refractivity contribution in [1.82, 2.24) is 5.32 Å². The molecule has 2 unspecified atom stereocenters. The smallest absolute Gasteiger partial charge is 0.267 e. The zero-order valence-corrected chi connectivity index (χ0v) is 26.5. The maximum absolute atomic E-state index is 12.4. The van der Waals surface area contributed by atoms with Crippen molar-refractivity contribution in [3.63, 3.8) is 0 Å². The van der Waals surface area contributed by atoms with Gasteiger partial charge in [0.25, 0.3) is 10.1 Å². The fourth-order valence-electron chi connectivity index (χ4n) is 4.58. The van der Waals surface area contributed by atoms with Crippen molar-refractivity contribution in [3.05, 3.63) is 36.5 Å². The molecular weight excluding hydrogens is 522 g/mol. The van der Waals surface area contributed by atoms with E-state index in [9.17, 15) is 22.9 Å². The van der Waals surface area contributed by atoms with E-state index in [0.29, 0.717) is 6.42 Å². The number of amides is 1. The van der Waals surface area contributed by atoms with Crippen LogP contribution in [0.4, 0.5) is 0 Å². The number of carbonyl (C=O) groups excluding carboxylic acids is 1. The largest absolute Gasteiger partial charge is 0.387 e. The third-order valence-electron chi connectivity index (χ3n) is 7.06. The minimum absolute atomic E-state index is 0.279. The molecule has 40 heavy (non-hydrogen) atoms. The lowest BCUT2D eigenvalue weighted by Crippen LogP contribution is -2.46. The van der Waals surface area contributed by atoms with E-state index in [0.717, 1.165) is 57.8 Å². The van der Waals surface area contributed by atoms with Crippen molar-refractivity contribution in [2.24, 2.45) is 0 Å². The van der Waals surface area contributed by atoms with Crippen molar-refractivity contribution >= 4 is 16.0 Å². The SMILES string of the molecule is CCCC/C=C\C/C=C\CCCCCCCC(=O)NC(CS(=O)(=O)O)C(O)/C=C/CCCCCCCCCCC. The lowest BCUT2D eigenvalue weighted by atomic mass is 10.1. The van der Waals surface area contributed by atoms with Crippen LogP contribution >= 0.6 is 0 Å². The highest BCUT2D eigenvalue weighted by atomic mass is 32.2. The lowest BCUT2D eigenvalue weighted by molar-refractivity contribution is -0.122. The molecule has 0 aliphatic heterocycles. The summed E-state index contributed by atoms with van der Waals surface area (Å²) in [5.41, 5.74) is 0. The predicted molar refractivity (Wildman–Crippen MR) is 170 cm³/mol. The van der Waals surface area contributed by atoms with Crippen LogP contribution in [0.5, 0.6) is 0 Å². The van der Waals surface area contributed by atoms with Crippen molar-refractivity contribution in [3.8, 4) is 0 Å². The molecule has 3 N–H and O–H groups in total. The van der Waals surface area contributed by atoms with Crippen LogP contribution in [-0.4, -0.2) is 41.9 Å². The first kappa shape index (κ1) is 38.6. The molecular formula is C33H61NO5S. The molecule has 0 heterocycles. The average Bonchev–Trinajstić information content (AvgIpc) is 2.90. The Balaban J connectivity index is 4.10. The van der Waals surface area contributed by atoms with Gasteiger partial charge in [-0.05, 0) is 44.9 Å². The van der Waals surface area contributed by atoms with Crippen LogP contribution < -0.4 is 5.32 Å². The minimum atomic E-state index is -4.34. The summed E-state index contributed by atoms with van der Waals surface area (Å²) in [6.07, 6.45) is 34.1. The quantitative estimate of drug-likeness (QED) is 0.0486. The Kier molecular flexibility index (Phi) is 26.7. The fraction of sp³-hybridized carbons (Fsp3) is 0.788. The highest BCUT2D eigenvalue weighted by Gasteiger charge is 2.24. The Morgan fingerprint density at radius 2 is 1.15 bits per heavy atom. The average molecular weight is 584 g/mol. The van der Waals surface area contributed by atoms with Gasteiger partial charge in [-0.15, -0.1) is 0 Å². The van der Waals surface area contributed by atoms with E-state index in [4.69, 9.17) is 0 Å². The zero-order valence-electron chi connectivity index (χ0n) is 25.7. The molecule has 0 aromatic heterocycles. The molecule has 0 spiro atoms. The number of nitrogens with one attached hydrogen (secondary N) is 1. The highest BCUT2D eigenvalue weighted by Crippen LogP contribution is 2.12. The normalized spacial score (nSPS) is 14.0. The van der Waals surface area contributed by atoms with Gasteiger partial charge in [0.2, 0.25) is 5.91 Å². The molecule has 0 saturated heterocycles. The number of rotatable bonds is 28. The Labute approximate surface area is 246 Å². The molecule has 0 rings (SSSR count). The summed E-state index contributed by atoms with van der Waals surface area (Å²) < 4.78 is 32.2. The summed E-state index contributed by atoms with van der Waals surface area (Å²) >= 11 is 0. The van der Waals surface area contributed by atoms with Gasteiger partial charge in [-0.2, -0.15) is 8.42 Å². The van der Waals surface area contributed by atoms with Gasteiger partial charge in [0, 0.05) is 6.42 Å². The maximum Gasteiger partial charge on any atom is 0.267 e. The van der Waals surface area contributed by atoms with Gasteiger partial charge in [0.1, 0.15) is 0 Å². The van der Waals surface area contributed by atoms with E-state index in [1.54, 1.807) is 0 Å². The third kappa shape index (κ3) is 28.1. The Bertz CT molecular complexity index is 776. The number of carbonyl (C=O) groups is 1. The molecule has 1 amide bonds. The van der Waals surface area contributed by atoms with E-state index in [1.807, 2.05) is 6.08 Å². The van der Waals surface area contributed by atoms with Gasteiger partial charge in [-0.3, -0.25) is 9.35 Å². The lowest BCUT2D eigenvalue weighted by Gasteiger charge is -2.21. The van der Waals surface area contributed by atoms with Crippen LogP contribution in [0.2, 0.25) is 0 Å². The van der Waals surface area contributed by atoms with Crippen molar-refractivity contribution < 1.29 is 22.9 Å². The van der Waals surface area contributed by atoms with E-state index >= 15 is 0 Å². The second kappa shape index (κ2) is 27.7. The topological polar surface area (TPSA) is 104 Å². The second-order valence-corrected chi connectivity index (χ2v) is 12.6. The monoisotopic (exact) mass is 583 g/mol. The minimum Gasteiger partial charge on any atom is -0.387 e. The van der Waals surface area contributed by atoms with Crippen LogP contribution in [0.25, 0.3) is 0 Å². The Morgan fingerprint density at radius 1 is 0.675 bits per heavy atom. The van der Waals surface area contributed by atoms with Gasteiger partial charge in [-0.1, -0.05) is 134 Å². The molecule has 0 bridgehead atoms. The summed E-state index contributed by atoms with van der Waals surface area (Å²) in [7, 11) is -4.34. The molecule has 0 aromatic carbocycles. The standard InChI is InChI=1S/C33H61NO5S/c1-3-5-7-9-11-13-15-16-17-19-21-23-25-27-29-33(36)34-31(30-40(37,38)39)32(35)28-26-24-22-20-18-14-12-10-8-6-4-2/h9,11,15-16,26,28,31-32,35H,3-8,10,12-14,17-25,27,29-30H2,1-2H3,(H,34,36)(H,37,38,39)/b11-9-,16-15-,28-26+. The van der Waals surface area contributed by atoms with Crippen LogP contribution in [0.15, 0.2) is 36.5 Å². The molecule has 234 valence electrons. The predicted octanol–water partition coefficient (Wildman–Crippen LogP) is 8.62. The van der Waals surface area contributed by atoms with Crippen molar-refractivity contribution in [2.75, 3.05) is 5.75 Å². The van der Waals surface area contributed by atoms with E-state index in [-0.39, 0.29) is 12.3 Å². The molecule has 7 heteroatoms. The van der Waals surface area contributed by atoms with E-state index in [1.165, 1.54) is 70.3 Å². The molecule has 0 aromatic rings. The number of allylic oxidation sites excluding steroid dienone is 5. The van der Waals surface area contributed by atoms with Crippen LogP contribution in [0.1, 0.15) is 149 Å². The molecule has 0 radical (unpaired) electrons. The molecule has 2 atom stereocenters. The summed E-state index contributed by atoms with van der Waals surface area (Å²) in [5.74, 6) is -1.00. The van der Waals surface area contributed by atoms with Gasteiger partial charge >= 0.3 is 0 Å². The third-order valence-corrected chi connectivity index (χ3v) is 7.84. The molecule has 0 aliphatic carbocycles. The Hall–Kier alpha value is -1.44. The summed E-state index contributed by atoms with van der Waals surface area (Å²) in [5, 5.41) is 13.1. The van der Waals surface area contributed by atoms with Crippen LogP contribution in [0.3, 0.4) is 0 Å². The van der Waals surface area contributed by atoms with E-state index < -0.39 is 28.0 Å². The number of hydrogen-bond donors (Lipinski definition) is 3. The number of aliphatic hydroxyl groups excluding tert-OH is 1. The second-order valence-electron chi connectivity index (χ2n) is 11.1. The molecule has 0 fully saturated rings. The highest BCUT2D eigenvalue weighted by molar-refractivity contribution is 7.85. The first-order valence-corrected chi connectivity index (χ1v) is 17.8. The van der Waals surface area contributed by atoms with Crippen molar-refractivity contribution in [2.45, 2.75) is 161 Å². The van der Waals surface area contributed by atoms with Crippen LogP contribution in [-0.2, 0) is 14.9 Å². The first-order valence-electron chi connectivity index (χ1n) is 16.2. The summed E-state index contributed by atoms with van der Waals surface area (Å²) in [6, 6.07) is -1.06. The van der Waals surface area contributed by atoms with Crippen molar-refractivity contribution in [1.29, 1.82) is 0 Å². The summed E-state index contributed by atoms with van der Waals surface area (Å²) in [4.78, 5) is 12.4. The Morgan fingerprint density at radius 3 is 1.70 bits per heavy atom. The summed E-state index contributed by atoms with van der Waals surface area (Å²) in [6.45, 7) is 4.43. The number of aliphatic hydroxyl groups is 1. The number of hydrogen-bond acceptors (Lipinski definition) is 4. The first-order chi connectivity index (χ1) is 19.3. The van der Waals surface area contributed by atoms with E-state index in [2.05, 4.69) is 43.5 Å². The van der Waals surface area contributed by atoms with Gasteiger partial charge < -0.3 is 10.4 Å². The molecule has 0 aliphatic rings. The number of unbranched alkanes of at least 4 members (excludes halogenated alkanes) is 16. The van der Waals surface area contributed by atoms with Crippen LogP contribution in [0, 0.1) is 0 Å². The van der Waals surface area contributed by atoms with Gasteiger partial charge in [0.15, 0.2) is 0 Å². The zero-order chi connectivity index (χ0) is 29.7. The van der Waals surface area contributed by atoms with Gasteiger partial charge in [0.05, 0.1) is 17.9 Å².